The van der Waals surface area contributed by atoms with Crippen LogP contribution in [0.3, 0.4) is 0 Å². The summed E-state index contributed by atoms with van der Waals surface area (Å²) in [7, 11) is 0.890. The van der Waals surface area contributed by atoms with E-state index in [9.17, 15) is 0 Å². The first-order chi connectivity index (χ1) is 5.22. The fraction of sp³-hybridized carbons (Fsp3) is 1.00. The fourth-order valence-electron chi connectivity index (χ4n) is 1.19. The fourth-order valence-corrected chi connectivity index (χ4v) is 1.19. The Bertz CT molecular complexity index is 84.7. The van der Waals surface area contributed by atoms with Crippen molar-refractivity contribution >= 4 is 39.0 Å². The molecule has 11 heavy (non-hydrogen) atoms. The minimum absolute atomic E-state index is 0.281. The predicted octanol–water partition coefficient (Wildman–Crippen LogP) is 1.98. The Balaban J connectivity index is 0.000000292. The SMILES string of the molecule is NC1CCCCC1N.[I][Pd][I]. The Labute approximate surface area is 97.7 Å². The van der Waals surface area contributed by atoms with Crippen LogP contribution in [0.15, 0.2) is 0 Å². The van der Waals surface area contributed by atoms with Crippen LogP contribution < -0.4 is 11.5 Å². The van der Waals surface area contributed by atoms with Gasteiger partial charge in [0.2, 0.25) is 0 Å². The molecule has 5 heteroatoms. The molecular weight excluding hydrogens is 460 g/mol. The van der Waals surface area contributed by atoms with E-state index in [0.717, 1.165) is 23.6 Å². The van der Waals surface area contributed by atoms with Crippen LogP contribution in [0.25, 0.3) is 0 Å². The number of nitrogens with two attached hydrogens (primary N) is 2. The predicted molar refractivity (Wildman–Crippen MR) is 62.5 cm³/mol. The second-order valence-electron chi connectivity index (χ2n) is 2.66. The zero-order chi connectivity index (χ0) is 8.69. The van der Waals surface area contributed by atoms with E-state index in [4.69, 9.17) is 11.5 Å². The first-order valence-corrected chi connectivity index (χ1v) is 12.8. The summed E-state index contributed by atoms with van der Waals surface area (Å²) < 4.78 is 0. The Kier molecular flexibility index (Phi) is 10.2. The molecular formula is C6H14I2N2Pd. The zero-order valence-electron chi connectivity index (χ0n) is 6.21. The van der Waals surface area contributed by atoms with Gasteiger partial charge in [-0.2, -0.15) is 0 Å². The molecule has 4 N–H and O–H groups in total. The van der Waals surface area contributed by atoms with Gasteiger partial charge in [-0.15, -0.1) is 0 Å². The molecule has 2 nitrogen and oxygen atoms in total. The molecule has 2 unspecified atom stereocenters. The third kappa shape index (κ3) is 7.14. The molecule has 1 aliphatic rings. The van der Waals surface area contributed by atoms with Crippen LogP contribution in [0.1, 0.15) is 25.7 Å². The number of hydrogen-bond acceptors (Lipinski definition) is 2. The maximum atomic E-state index is 5.65. The van der Waals surface area contributed by atoms with Crippen molar-refractivity contribution in [2.75, 3.05) is 0 Å². The van der Waals surface area contributed by atoms with Crippen molar-refractivity contribution in [2.24, 2.45) is 11.5 Å². The molecule has 0 saturated heterocycles. The normalized spacial score (nSPS) is 30.9. The molecule has 2 atom stereocenters. The van der Waals surface area contributed by atoms with Crippen molar-refractivity contribution in [3.8, 4) is 0 Å². The molecule has 0 aromatic rings. The van der Waals surface area contributed by atoms with Gasteiger partial charge in [-0.05, 0) is 12.8 Å². The molecule has 0 bridgehead atoms. The molecule has 1 saturated carbocycles. The van der Waals surface area contributed by atoms with Crippen molar-refractivity contribution in [1.82, 2.24) is 0 Å². The molecule has 0 aliphatic heterocycles. The van der Waals surface area contributed by atoms with Gasteiger partial charge in [0.25, 0.3) is 0 Å². The van der Waals surface area contributed by atoms with Crippen molar-refractivity contribution in [1.29, 1.82) is 0 Å². The monoisotopic (exact) mass is 474 g/mol. The van der Waals surface area contributed by atoms with Crippen molar-refractivity contribution in [3.63, 3.8) is 0 Å². The molecule has 1 rings (SSSR count). The molecule has 72 valence electrons. The van der Waals surface area contributed by atoms with Crippen LogP contribution in [0.5, 0.6) is 0 Å². The van der Waals surface area contributed by atoms with Gasteiger partial charge in [0.15, 0.2) is 0 Å². The quantitative estimate of drug-likeness (QED) is 0.417. The van der Waals surface area contributed by atoms with E-state index in [1.165, 1.54) is 12.8 Å². The second-order valence-corrected chi connectivity index (χ2v) is 14.6. The van der Waals surface area contributed by atoms with E-state index in [1.807, 2.05) is 0 Å². The van der Waals surface area contributed by atoms with Gasteiger partial charge in [-0.3, -0.25) is 0 Å². The van der Waals surface area contributed by atoms with E-state index in [0.29, 0.717) is 0 Å². The average Bonchev–Trinajstić information content (AvgIpc) is 1.97. The van der Waals surface area contributed by atoms with Gasteiger partial charge in [0.05, 0.1) is 0 Å². The molecule has 0 spiro atoms. The van der Waals surface area contributed by atoms with Gasteiger partial charge < -0.3 is 11.5 Å². The summed E-state index contributed by atoms with van der Waals surface area (Å²) in [6, 6.07) is 0.562. The molecule has 0 aromatic carbocycles. The van der Waals surface area contributed by atoms with Crippen LogP contribution in [0.2, 0.25) is 0 Å². The third-order valence-corrected chi connectivity index (χ3v) is 1.87. The van der Waals surface area contributed by atoms with Crippen LogP contribution in [-0.4, -0.2) is 12.1 Å². The van der Waals surface area contributed by atoms with Crippen LogP contribution >= 0.6 is 39.0 Å². The Morgan fingerprint density at radius 3 is 1.45 bits per heavy atom. The van der Waals surface area contributed by atoms with Gasteiger partial charge >= 0.3 is 49.8 Å². The average molecular weight is 474 g/mol. The minimum atomic E-state index is 0.281. The van der Waals surface area contributed by atoms with Gasteiger partial charge in [-0.25, -0.2) is 0 Å². The number of halogens is 2. The molecule has 1 fully saturated rings. The molecule has 0 heterocycles. The summed E-state index contributed by atoms with van der Waals surface area (Å²) in [4.78, 5) is 0. The summed E-state index contributed by atoms with van der Waals surface area (Å²) in [5.41, 5.74) is 11.3. The van der Waals surface area contributed by atoms with E-state index >= 15 is 0 Å². The summed E-state index contributed by atoms with van der Waals surface area (Å²) in [6.07, 6.45) is 4.80. The maximum absolute atomic E-state index is 5.65. The molecule has 0 radical (unpaired) electrons. The standard InChI is InChI=1S/C6H14N2.2HI.Pd/c7-5-3-1-2-4-6(5)8;;;/h5-6H,1-4,7-8H2;2*1H;/q;;;+2/p-2. The Hall–Kier alpha value is 2.04. The summed E-state index contributed by atoms with van der Waals surface area (Å²) in [6.45, 7) is 0. The summed E-state index contributed by atoms with van der Waals surface area (Å²) >= 11 is 4.65. The third-order valence-electron chi connectivity index (χ3n) is 1.87. The van der Waals surface area contributed by atoms with Crippen molar-refractivity contribution in [2.45, 2.75) is 37.8 Å². The summed E-state index contributed by atoms with van der Waals surface area (Å²) in [5.74, 6) is 0. The summed E-state index contributed by atoms with van der Waals surface area (Å²) in [5, 5.41) is 0. The van der Waals surface area contributed by atoms with Gasteiger partial charge in [-0.1, -0.05) is 12.8 Å². The van der Waals surface area contributed by atoms with Gasteiger partial charge in [0.1, 0.15) is 0 Å². The van der Waals surface area contributed by atoms with Crippen LogP contribution in [0.4, 0.5) is 0 Å². The topological polar surface area (TPSA) is 52.0 Å². The molecule has 0 aromatic heterocycles. The van der Waals surface area contributed by atoms with Crippen LogP contribution in [-0.2, 0) is 10.8 Å². The van der Waals surface area contributed by atoms with E-state index in [2.05, 4.69) is 39.0 Å². The zero-order valence-corrected chi connectivity index (χ0v) is 12.1. The van der Waals surface area contributed by atoms with Gasteiger partial charge in [0, 0.05) is 12.1 Å². The van der Waals surface area contributed by atoms with Crippen LogP contribution in [0, 0.1) is 0 Å². The van der Waals surface area contributed by atoms with Crippen molar-refractivity contribution in [3.05, 3.63) is 0 Å². The first kappa shape index (κ1) is 13.0. The number of hydrogen-bond donors (Lipinski definition) is 2. The molecule has 0 amide bonds. The Morgan fingerprint density at radius 1 is 1.00 bits per heavy atom. The van der Waals surface area contributed by atoms with E-state index in [-0.39, 0.29) is 12.1 Å². The number of rotatable bonds is 0. The second kappa shape index (κ2) is 8.63. The Morgan fingerprint density at radius 2 is 1.27 bits per heavy atom. The van der Waals surface area contributed by atoms with E-state index < -0.39 is 0 Å². The van der Waals surface area contributed by atoms with E-state index in [1.54, 1.807) is 0 Å². The van der Waals surface area contributed by atoms with Crippen molar-refractivity contribution < 1.29 is 10.8 Å². The molecule has 1 aliphatic carbocycles. The first-order valence-electron chi connectivity index (χ1n) is 3.56.